The highest BCUT2D eigenvalue weighted by atomic mass is 35.5. The van der Waals surface area contributed by atoms with E-state index in [0.29, 0.717) is 0 Å². The average molecular weight is 252 g/mol. The fourth-order valence-corrected chi connectivity index (χ4v) is 2.34. The maximum atomic E-state index is 5.88. The van der Waals surface area contributed by atoms with Crippen LogP contribution in [0.3, 0.4) is 0 Å². The normalized spacial score (nSPS) is 23.1. The first-order valence-electron chi connectivity index (χ1n) is 5.67. The summed E-state index contributed by atoms with van der Waals surface area (Å²) in [6.45, 7) is 4.01. The van der Waals surface area contributed by atoms with Gasteiger partial charge in [-0.3, -0.25) is 0 Å². The number of nitrogens with two attached hydrogens (primary N) is 1. The van der Waals surface area contributed by atoms with E-state index in [0.717, 1.165) is 29.6 Å². The van der Waals surface area contributed by atoms with Gasteiger partial charge in [0.15, 0.2) is 0 Å². The maximum absolute atomic E-state index is 5.88. The van der Waals surface area contributed by atoms with E-state index in [1.165, 1.54) is 0 Å². The summed E-state index contributed by atoms with van der Waals surface area (Å²) >= 11 is 5.88. The number of nitrogens with one attached hydrogen (secondary N) is 1. The van der Waals surface area contributed by atoms with Gasteiger partial charge < -0.3 is 16.0 Å². The van der Waals surface area contributed by atoms with Crippen molar-refractivity contribution in [1.29, 1.82) is 0 Å². The van der Waals surface area contributed by atoms with E-state index < -0.39 is 0 Å². The molecule has 0 fully saturated rings. The van der Waals surface area contributed by atoms with E-state index >= 15 is 0 Å². The zero-order chi connectivity index (χ0) is 12.5. The summed E-state index contributed by atoms with van der Waals surface area (Å²) in [7, 11) is 2.08. The van der Waals surface area contributed by atoms with E-state index in [2.05, 4.69) is 30.3 Å². The fourth-order valence-electron chi connectivity index (χ4n) is 2.21. The number of nitrogens with zero attached hydrogens (tertiary/aromatic N) is 1. The average Bonchev–Trinajstić information content (AvgIpc) is 2.59. The van der Waals surface area contributed by atoms with E-state index in [-0.39, 0.29) is 5.41 Å². The minimum Gasteiger partial charge on any atom is -0.386 e. The van der Waals surface area contributed by atoms with Gasteiger partial charge >= 0.3 is 0 Å². The summed E-state index contributed by atoms with van der Waals surface area (Å²) in [5.41, 5.74) is 7.00. The molecule has 3 N–H and O–H groups in total. The van der Waals surface area contributed by atoms with Gasteiger partial charge in [0.2, 0.25) is 0 Å². The third-order valence-corrected chi connectivity index (χ3v) is 3.32. The van der Waals surface area contributed by atoms with Crippen LogP contribution in [0.25, 0.3) is 0 Å². The van der Waals surface area contributed by atoms with Crippen LogP contribution in [0.1, 0.15) is 6.92 Å². The van der Waals surface area contributed by atoms with Crippen molar-refractivity contribution in [1.82, 2.24) is 5.32 Å². The quantitative estimate of drug-likeness (QED) is 0.865. The molecule has 1 aliphatic rings. The van der Waals surface area contributed by atoms with Gasteiger partial charge in [-0.05, 0) is 30.3 Å². The van der Waals surface area contributed by atoms with Gasteiger partial charge in [-0.1, -0.05) is 18.5 Å². The number of halogens is 1. The minimum atomic E-state index is 0.0818. The Hall–Kier alpha value is -1.35. The van der Waals surface area contributed by atoms with Gasteiger partial charge in [-0.25, -0.2) is 0 Å². The highest BCUT2D eigenvalue weighted by Crippen LogP contribution is 2.26. The van der Waals surface area contributed by atoms with Crippen LogP contribution in [0.2, 0.25) is 5.02 Å². The Balaban J connectivity index is 2.07. The molecule has 1 aromatic carbocycles. The highest BCUT2D eigenvalue weighted by Gasteiger charge is 2.28. The Labute approximate surface area is 107 Å². The molecule has 1 heterocycles. The van der Waals surface area contributed by atoms with Crippen molar-refractivity contribution in [2.75, 3.05) is 25.0 Å². The smallest absolute Gasteiger partial charge is 0.0926 e. The Morgan fingerprint density at radius 2 is 2.06 bits per heavy atom. The molecule has 0 amide bonds. The molecule has 1 atom stereocenters. The Morgan fingerprint density at radius 3 is 2.59 bits per heavy atom. The fraction of sp³-hybridized carbons (Fsp3) is 0.385. The molecular weight excluding hydrogens is 234 g/mol. The number of benzene rings is 1. The lowest BCUT2D eigenvalue weighted by Gasteiger charge is -2.29. The van der Waals surface area contributed by atoms with E-state index in [9.17, 15) is 0 Å². The summed E-state index contributed by atoms with van der Waals surface area (Å²) in [4.78, 5) is 2.22. The van der Waals surface area contributed by atoms with Crippen molar-refractivity contribution >= 4 is 17.3 Å². The maximum Gasteiger partial charge on any atom is 0.0926 e. The van der Waals surface area contributed by atoms with Crippen LogP contribution in [0.15, 0.2) is 36.2 Å². The molecule has 4 heteroatoms. The van der Waals surface area contributed by atoms with Crippen molar-refractivity contribution in [3.8, 4) is 0 Å². The Morgan fingerprint density at radius 1 is 1.41 bits per heavy atom. The van der Waals surface area contributed by atoms with Crippen molar-refractivity contribution in [2.45, 2.75) is 6.92 Å². The standard InChI is InChI=1S/C13H18ClN3/c1-13(7-12(15)16-8-13)9-17(2)11-5-3-10(14)4-6-11/h3-7,16H,8-9,15H2,1-2H3/t13-/m1/s1. The zero-order valence-corrected chi connectivity index (χ0v) is 11.0. The predicted molar refractivity (Wildman–Crippen MR) is 73.1 cm³/mol. The Bertz CT molecular complexity index is 427. The molecule has 92 valence electrons. The lowest BCUT2D eigenvalue weighted by molar-refractivity contribution is 0.446. The number of anilines is 1. The monoisotopic (exact) mass is 251 g/mol. The summed E-state index contributed by atoms with van der Waals surface area (Å²) in [6, 6.07) is 7.88. The molecule has 0 bridgehead atoms. The van der Waals surface area contributed by atoms with Crippen molar-refractivity contribution in [3.63, 3.8) is 0 Å². The van der Waals surface area contributed by atoms with Crippen LogP contribution < -0.4 is 16.0 Å². The molecule has 2 rings (SSSR count). The van der Waals surface area contributed by atoms with Crippen LogP contribution in [-0.4, -0.2) is 20.1 Å². The molecule has 0 spiro atoms. The minimum absolute atomic E-state index is 0.0818. The summed E-state index contributed by atoms with van der Waals surface area (Å²) < 4.78 is 0. The van der Waals surface area contributed by atoms with Crippen molar-refractivity contribution in [2.24, 2.45) is 11.1 Å². The second-order valence-electron chi connectivity index (χ2n) is 4.94. The molecular formula is C13H18ClN3. The molecule has 0 aliphatic carbocycles. The van der Waals surface area contributed by atoms with Gasteiger partial charge in [0, 0.05) is 36.3 Å². The van der Waals surface area contributed by atoms with Crippen LogP contribution in [0.4, 0.5) is 5.69 Å². The highest BCUT2D eigenvalue weighted by molar-refractivity contribution is 6.30. The van der Waals surface area contributed by atoms with Gasteiger partial charge in [0.05, 0.1) is 5.82 Å². The first-order chi connectivity index (χ1) is 7.98. The predicted octanol–water partition coefficient (Wildman–Crippen LogP) is 2.19. The van der Waals surface area contributed by atoms with Crippen LogP contribution >= 0.6 is 11.6 Å². The molecule has 0 saturated heterocycles. The molecule has 0 aromatic heterocycles. The molecule has 17 heavy (non-hydrogen) atoms. The third-order valence-electron chi connectivity index (χ3n) is 3.07. The number of hydrogen-bond donors (Lipinski definition) is 2. The Kier molecular flexibility index (Phi) is 3.20. The molecule has 0 radical (unpaired) electrons. The topological polar surface area (TPSA) is 41.3 Å². The van der Waals surface area contributed by atoms with Gasteiger partial charge in [-0.15, -0.1) is 0 Å². The van der Waals surface area contributed by atoms with E-state index in [4.69, 9.17) is 17.3 Å². The largest absolute Gasteiger partial charge is 0.386 e. The zero-order valence-electron chi connectivity index (χ0n) is 10.2. The van der Waals surface area contributed by atoms with Gasteiger partial charge in [0.1, 0.15) is 0 Å². The molecule has 3 nitrogen and oxygen atoms in total. The van der Waals surface area contributed by atoms with Crippen LogP contribution in [0.5, 0.6) is 0 Å². The van der Waals surface area contributed by atoms with E-state index in [1.807, 2.05) is 24.3 Å². The van der Waals surface area contributed by atoms with Crippen LogP contribution in [-0.2, 0) is 0 Å². The van der Waals surface area contributed by atoms with Crippen LogP contribution in [0, 0.1) is 5.41 Å². The molecule has 0 unspecified atom stereocenters. The summed E-state index contributed by atoms with van der Waals surface area (Å²) in [5.74, 6) is 0.775. The first kappa shape index (κ1) is 12.1. The second-order valence-corrected chi connectivity index (χ2v) is 5.38. The number of rotatable bonds is 3. The van der Waals surface area contributed by atoms with Crippen molar-refractivity contribution < 1.29 is 0 Å². The lowest BCUT2D eigenvalue weighted by Crippen LogP contribution is -2.35. The second kappa shape index (κ2) is 4.49. The molecule has 1 aromatic rings. The van der Waals surface area contributed by atoms with Gasteiger partial charge in [0.25, 0.3) is 0 Å². The number of hydrogen-bond acceptors (Lipinski definition) is 3. The molecule has 0 saturated carbocycles. The van der Waals surface area contributed by atoms with E-state index in [1.54, 1.807) is 0 Å². The third kappa shape index (κ3) is 2.86. The lowest BCUT2D eigenvalue weighted by atomic mass is 9.91. The molecule has 1 aliphatic heterocycles. The van der Waals surface area contributed by atoms with Gasteiger partial charge in [-0.2, -0.15) is 0 Å². The SMILES string of the molecule is CN(C[C@]1(C)C=C(N)NC1)c1ccc(Cl)cc1. The van der Waals surface area contributed by atoms with Crippen molar-refractivity contribution in [3.05, 3.63) is 41.2 Å². The summed E-state index contributed by atoms with van der Waals surface area (Å²) in [6.07, 6.45) is 2.10. The summed E-state index contributed by atoms with van der Waals surface area (Å²) in [5, 5.41) is 3.93. The first-order valence-corrected chi connectivity index (χ1v) is 6.05.